The quantitative estimate of drug-likeness (QED) is 0.527. The van der Waals surface area contributed by atoms with Crippen LogP contribution in [0.5, 0.6) is 17.2 Å². The first-order chi connectivity index (χ1) is 13.9. The molecule has 0 aromatic heterocycles. The lowest BCUT2D eigenvalue weighted by Gasteiger charge is -2.32. The summed E-state index contributed by atoms with van der Waals surface area (Å²) < 4.78 is 43.9. The largest absolute Gasteiger partial charge is 0.495 e. The summed E-state index contributed by atoms with van der Waals surface area (Å²) in [6, 6.07) is 10.9. The topological polar surface area (TPSA) is 82.1 Å². The monoisotopic (exact) mass is 419 g/mol. The molecule has 1 heterocycles. The molecule has 1 atom stereocenters. The second kappa shape index (κ2) is 8.84. The third-order valence-electron chi connectivity index (χ3n) is 5.00. The van der Waals surface area contributed by atoms with E-state index in [-0.39, 0.29) is 28.0 Å². The zero-order valence-electron chi connectivity index (χ0n) is 16.8. The maximum absolute atomic E-state index is 13.3. The molecular formula is C21H25NO6S. The van der Waals surface area contributed by atoms with E-state index in [1.165, 1.54) is 36.7 Å². The molecule has 3 rings (SSSR count). The van der Waals surface area contributed by atoms with Gasteiger partial charge in [0.1, 0.15) is 10.6 Å². The third kappa shape index (κ3) is 4.38. The molecule has 29 heavy (non-hydrogen) atoms. The van der Waals surface area contributed by atoms with Crippen molar-refractivity contribution in [3.05, 3.63) is 48.0 Å². The fourth-order valence-corrected chi connectivity index (χ4v) is 5.31. The van der Waals surface area contributed by atoms with Crippen LogP contribution in [-0.2, 0) is 10.0 Å². The Kier molecular flexibility index (Phi) is 6.44. The molecule has 0 saturated carbocycles. The Morgan fingerprint density at radius 1 is 1.00 bits per heavy atom. The number of carbonyl (C=O) groups is 1. The number of hydrogen-bond donors (Lipinski definition) is 0. The van der Waals surface area contributed by atoms with E-state index >= 15 is 0 Å². The molecule has 8 heteroatoms. The molecule has 2 aromatic carbocycles. The maximum Gasteiger partial charge on any atom is 0.343 e. The number of hydrogen-bond acceptors (Lipinski definition) is 6. The van der Waals surface area contributed by atoms with Crippen LogP contribution in [0.25, 0.3) is 0 Å². The number of ether oxygens (including phenoxy) is 3. The maximum atomic E-state index is 13.3. The fraction of sp³-hybridized carbons (Fsp3) is 0.381. The normalized spacial score (nSPS) is 17.6. The summed E-state index contributed by atoms with van der Waals surface area (Å²) in [6.45, 7) is 2.34. The summed E-state index contributed by atoms with van der Waals surface area (Å²) in [7, 11) is -0.940. The number of benzene rings is 2. The average Bonchev–Trinajstić information content (AvgIpc) is 2.73. The zero-order valence-corrected chi connectivity index (χ0v) is 17.6. The predicted molar refractivity (Wildman–Crippen MR) is 108 cm³/mol. The van der Waals surface area contributed by atoms with Gasteiger partial charge >= 0.3 is 5.97 Å². The summed E-state index contributed by atoms with van der Waals surface area (Å²) in [5, 5.41) is 0. The molecule has 0 spiro atoms. The predicted octanol–water partition coefficient (Wildman–Crippen LogP) is 3.49. The Hall–Kier alpha value is -2.58. The summed E-state index contributed by atoms with van der Waals surface area (Å²) >= 11 is 0. The minimum atomic E-state index is -3.82. The highest BCUT2D eigenvalue weighted by molar-refractivity contribution is 7.89. The number of methoxy groups -OCH3 is 2. The minimum absolute atomic E-state index is 0.0387. The number of rotatable bonds is 6. The van der Waals surface area contributed by atoms with Gasteiger partial charge in [-0.25, -0.2) is 13.2 Å². The van der Waals surface area contributed by atoms with Gasteiger partial charge in [-0.2, -0.15) is 4.31 Å². The Morgan fingerprint density at radius 3 is 2.34 bits per heavy atom. The van der Waals surface area contributed by atoms with Gasteiger partial charge in [-0.05, 0) is 50.1 Å². The Morgan fingerprint density at radius 2 is 1.69 bits per heavy atom. The molecule has 1 fully saturated rings. The van der Waals surface area contributed by atoms with Gasteiger partial charge in [0.2, 0.25) is 10.0 Å². The van der Waals surface area contributed by atoms with Gasteiger partial charge in [0, 0.05) is 12.6 Å². The molecule has 1 aliphatic heterocycles. The highest BCUT2D eigenvalue weighted by Crippen LogP contribution is 2.32. The number of sulfonamides is 1. The molecule has 156 valence electrons. The van der Waals surface area contributed by atoms with E-state index < -0.39 is 16.0 Å². The van der Waals surface area contributed by atoms with Crippen LogP contribution in [0.15, 0.2) is 47.4 Å². The molecule has 0 amide bonds. The molecule has 0 aliphatic carbocycles. The van der Waals surface area contributed by atoms with Crippen molar-refractivity contribution in [3.8, 4) is 17.2 Å². The van der Waals surface area contributed by atoms with Crippen molar-refractivity contribution < 1.29 is 27.4 Å². The van der Waals surface area contributed by atoms with Crippen LogP contribution in [0.2, 0.25) is 0 Å². The third-order valence-corrected chi connectivity index (χ3v) is 7.03. The van der Waals surface area contributed by atoms with Crippen molar-refractivity contribution in [2.75, 3.05) is 20.8 Å². The Labute approximate surface area is 171 Å². The van der Waals surface area contributed by atoms with Crippen molar-refractivity contribution in [2.45, 2.75) is 37.1 Å². The van der Waals surface area contributed by atoms with Crippen LogP contribution < -0.4 is 14.2 Å². The minimum Gasteiger partial charge on any atom is -0.495 e. The van der Waals surface area contributed by atoms with Gasteiger partial charge in [-0.15, -0.1) is 0 Å². The number of piperidine rings is 1. The first kappa shape index (κ1) is 21.1. The van der Waals surface area contributed by atoms with Crippen LogP contribution in [0.4, 0.5) is 0 Å². The van der Waals surface area contributed by atoms with Crippen molar-refractivity contribution in [2.24, 2.45) is 0 Å². The average molecular weight is 419 g/mol. The summed E-state index contributed by atoms with van der Waals surface area (Å²) in [5.41, 5.74) is 0.111. The first-order valence-corrected chi connectivity index (χ1v) is 10.9. The van der Waals surface area contributed by atoms with Gasteiger partial charge in [-0.3, -0.25) is 0 Å². The van der Waals surface area contributed by atoms with E-state index in [0.717, 1.165) is 19.3 Å². The number of nitrogens with zero attached hydrogens (tertiary/aromatic N) is 1. The highest BCUT2D eigenvalue weighted by Gasteiger charge is 2.33. The molecule has 0 unspecified atom stereocenters. The van der Waals surface area contributed by atoms with Crippen molar-refractivity contribution in [1.82, 2.24) is 4.31 Å². The Bertz CT molecular complexity index is 988. The summed E-state index contributed by atoms with van der Waals surface area (Å²) in [6.07, 6.45) is 2.61. The molecule has 0 radical (unpaired) electrons. The summed E-state index contributed by atoms with van der Waals surface area (Å²) in [5.74, 6) is 0.172. The molecule has 0 bridgehead atoms. The second-order valence-corrected chi connectivity index (χ2v) is 8.73. The molecule has 7 nitrogen and oxygen atoms in total. The zero-order chi connectivity index (χ0) is 21.0. The first-order valence-electron chi connectivity index (χ1n) is 9.43. The lowest BCUT2D eigenvalue weighted by molar-refractivity contribution is 0.0729. The van der Waals surface area contributed by atoms with E-state index in [0.29, 0.717) is 12.3 Å². The second-order valence-electron chi connectivity index (χ2n) is 6.87. The molecule has 2 aromatic rings. The van der Waals surface area contributed by atoms with E-state index in [1.807, 2.05) is 6.92 Å². The standard InChI is InChI=1S/C21H25NO6S/c1-15-8-6-7-13-22(15)29(24,25)20-14-16(11-12-19(20)27-3)21(23)28-18-10-5-4-9-17(18)26-2/h4-5,9-12,14-15H,6-8,13H2,1-3H3/t15-/m1/s1. The van der Waals surface area contributed by atoms with Crippen LogP contribution >= 0.6 is 0 Å². The SMILES string of the molecule is COc1ccccc1OC(=O)c1ccc(OC)c(S(=O)(=O)N2CCCC[C@H]2C)c1. The molecule has 1 aliphatic rings. The molecule has 1 saturated heterocycles. The lowest BCUT2D eigenvalue weighted by Crippen LogP contribution is -2.42. The van der Waals surface area contributed by atoms with Gasteiger partial charge in [0.05, 0.1) is 19.8 Å². The van der Waals surface area contributed by atoms with Crippen molar-refractivity contribution >= 4 is 16.0 Å². The van der Waals surface area contributed by atoms with Crippen LogP contribution in [0.1, 0.15) is 36.5 Å². The van der Waals surface area contributed by atoms with Gasteiger partial charge in [-0.1, -0.05) is 18.6 Å². The number of para-hydroxylation sites is 2. The smallest absolute Gasteiger partial charge is 0.343 e. The van der Waals surface area contributed by atoms with Gasteiger partial charge in [0.15, 0.2) is 11.5 Å². The van der Waals surface area contributed by atoms with E-state index in [2.05, 4.69) is 0 Å². The lowest BCUT2D eigenvalue weighted by atomic mass is 10.1. The summed E-state index contributed by atoms with van der Waals surface area (Å²) in [4.78, 5) is 12.6. The van der Waals surface area contributed by atoms with Crippen molar-refractivity contribution in [1.29, 1.82) is 0 Å². The van der Waals surface area contributed by atoms with Crippen LogP contribution in [-0.4, -0.2) is 45.5 Å². The van der Waals surface area contributed by atoms with E-state index in [9.17, 15) is 13.2 Å². The Balaban J connectivity index is 1.95. The van der Waals surface area contributed by atoms with E-state index in [4.69, 9.17) is 14.2 Å². The highest BCUT2D eigenvalue weighted by atomic mass is 32.2. The van der Waals surface area contributed by atoms with Crippen LogP contribution in [0.3, 0.4) is 0 Å². The van der Waals surface area contributed by atoms with Crippen LogP contribution in [0, 0.1) is 0 Å². The molecular weight excluding hydrogens is 394 g/mol. The molecule has 0 N–H and O–H groups in total. The number of esters is 1. The van der Waals surface area contributed by atoms with Gasteiger partial charge < -0.3 is 14.2 Å². The number of carbonyl (C=O) groups excluding carboxylic acids is 1. The van der Waals surface area contributed by atoms with Gasteiger partial charge in [0.25, 0.3) is 0 Å². The van der Waals surface area contributed by atoms with Crippen molar-refractivity contribution in [3.63, 3.8) is 0 Å². The fourth-order valence-electron chi connectivity index (χ4n) is 3.42. The van der Waals surface area contributed by atoms with E-state index in [1.54, 1.807) is 24.3 Å².